The smallest absolute Gasteiger partial charge is 0.272 e. The number of terminal acetylenes is 1. The molecule has 0 aliphatic heterocycles. The first-order valence-corrected chi connectivity index (χ1v) is 10.1. The second kappa shape index (κ2) is 10.1. The lowest BCUT2D eigenvalue weighted by Crippen LogP contribution is -2.54. The van der Waals surface area contributed by atoms with Crippen molar-refractivity contribution in [3.05, 3.63) is 35.5 Å². The molecule has 29 heavy (non-hydrogen) atoms. The third-order valence-electron chi connectivity index (χ3n) is 4.08. The average molecular weight is 416 g/mol. The lowest BCUT2D eigenvalue weighted by molar-refractivity contribution is -0.126. The number of methoxy groups -OCH3 is 1. The molecule has 0 spiro atoms. The molecule has 2 atom stereocenters. The van der Waals surface area contributed by atoms with E-state index in [4.69, 9.17) is 20.7 Å². The topological polar surface area (TPSA) is 82.0 Å². The highest BCUT2D eigenvalue weighted by Gasteiger charge is 2.30. The Bertz CT molecular complexity index is 941. The van der Waals surface area contributed by atoms with Crippen molar-refractivity contribution in [2.24, 2.45) is 5.16 Å². The van der Waals surface area contributed by atoms with Crippen LogP contribution in [0.4, 0.5) is 0 Å². The molecule has 0 saturated heterocycles. The minimum absolute atomic E-state index is 0.225. The number of benzene rings is 1. The molecule has 0 radical (unpaired) electrons. The monoisotopic (exact) mass is 415 g/mol. The van der Waals surface area contributed by atoms with E-state index < -0.39 is 11.0 Å². The maximum atomic E-state index is 12.8. The Morgan fingerprint density at radius 3 is 2.83 bits per heavy atom. The van der Waals surface area contributed by atoms with E-state index >= 15 is 0 Å². The summed E-state index contributed by atoms with van der Waals surface area (Å²) in [6.45, 7) is 3.94. The molecule has 2 aromatic rings. The predicted octanol–water partition coefficient (Wildman–Crippen LogP) is 2.75. The average Bonchev–Trinajstić information content (AvgIpc) is 2.70. The number of hydrogen-bond acceptors (Lipinski definition) is 7. The third-order valence-corrected chi connectivity index (χ3v) is 4.82. The first kappa shape index (κ1) is 22.5. The summed E-state index contributed by atoms with van der Waals surface area (Å²) in [6.07, 6.45) is 10.4. The van der Waals surface area contributed by atoms with Gasteiger partial charge in [0.05, 0.1) is 23.9 Å². The number of hydrogen-bond donors (Lipinski definition) is 1. The van der Waals surface area contributed by atoms with Crippen molar-refractivity contribution in [1.29, 1.82) is 0 Å². The van der Waals surface area contributed by atoms with Crippen molar-refractivity contribution >= 4 is 34.8 Å². The number of carbonyl (C=O) groups excluding carboxylic acids is 1. The second-order valence-electron chi connectivity index (χ2n) is 6.62. The number of oxime groups is 1. The number of fused-ring (bicyclic) bond motifs is 1. The Hall–Kier alpha value is -2.76. The standard InChI is InChI=1S/C21H25N3O4S/c1-7-15-9-16-10-17(8-14(2)18(16)22-11-15)28-20(29-6)19(25)24-21(3,13-26-4)12-23-27-5/h1,8-12,20H,13H2,2-6H3,(H,24,25)/b23-12+. The van der Waals surface area contributed by atoms with Gasteiger partial charge in [0.2, 0.25) is 5.44 Å². The maximum absolute atomic E-state index is 12.8. The number of aromatic nitrogens is 1. The number of thioether (sulfide) groups is 1. The van der Waals surface area contributed by atoms with Crippen LogP contribution in [0.1, 0.15) is 18.1 Å². The summed E-state index contributed by atoms with van der Waals surface area (Å²) in [7, 11) is 2.98. The van der Waals surface area contributed by atoms with Crippen molar-refractivity contribution in [1.82, 2.24) is 10.3 Å². The van der Waals surface area contributed by atoms with Gasteiger partial charge in [0.1, 0.15) is 12.9 Å². The molecule has 0 bridgehead atoms. The van der Waals surface area contributed by atoms with Crippen LogP contribution in [-0.4, -0.2) is 55.2 Å². The summed E-state index contributed by atoms with van der Waals surface area (Å²) in [5.74, 6) is 2.82. The molecule has 154 valence electrons. The fourth-order valence-corrected chi connectivity index (χ4v) is 3.27. The van der Waals surface area contributed by atoms with Gasteiger partial charge in [-0.05, 0) is 43.9 Å². The summed E-state index contributed by atoms with van der Waals surface area (Å²) in [6, 6.07) is 5.54. The zero-order valence-corrected chi connectivity index (χ0v) is 18.0. The van der Waals surface area contributed by atoms with E-state index in [-0.39, 0.29) is 12.5 Å². The van der Waals surface area contributed by atoms with E-state index in [9.17, 15) is 4.79 Å². The zero-order chi connectivity index (χ0) is 21.4. The van der Waals surface area contributed by atoms with E-state index in [0.29, 0.717) is 11.3 Å². The molecule has 0 fully saturated rings. The van der Waals surface area contributed by atoms with Gasteiger partial charge in [0, 0.05) is 24.3 Å². The van der Waals surface area contributed by atoms with Gasteiger partial charge >= 0.3 is 0 Å². The van der Waals surface area contributed by atoms with Crippen LogP contribution >= 0.6 is 11.8 Å². The zero-order valence-electron chi connectivity index (χ0n) is 17.2. The largest absolute Gasteiger partial charge is 0.470 e. The molecular weight excluding hydrogens is 390 g/mol. The minimum Gasteiger partial charge on any atom is -0.470 e. The number of aryl methyl sites for hydroxylation is 1. The molecule has 1 heterocycles. The van der Waals surface area contributed by atoms with Gasteiger partial charge < -0.3 is 19.6 Å². The van der Waals surface area contributed by atoms with Crippen LogP contribution in [0.5, 0.6) is 5.75 Å². The molecule has 2 unspecified atom stereocenters. The van der Waals surface area contributed by atoms with Crippen molar-refractivity contribution in [2.45, 2.75) is 24.8 Å². The highest BCUT2D eigenvalue weighted by Crippen LogP contribution is 2.26. The van der Waals surface area contributed by atoms with E-state index in [2.05, 4.69) is 21.4 Å². The molecule has 0 aliphatic rings. The van der Waals surface area contributed by atoms with Gasteiger partial charge in [0.25, 0.3) is 5.91 Å². The lowest BCUT2D eigenvalue weighted by atomic mass is 10.1. The van der Waals surface area contributed by atoms with Crippen molar-refractivity contribution in [3.8, 4) is 18.1 Å². The van der Waals surface area contributed by atoms with Crippen LogP contribution in [0.15, 0.2) is 29.6 Å². The summed E-state index contributed by atoms with van der Waals surface area (Å²) >= 11 is 1.28. The summed E-state index contributed by atoms with van der Waals surface area (Å²) in [5, 5.41) is 7.50. The normalized spacial score (nSPS) is 14.2. The number of nitrogens with one attached hydrogen (secondary N) is 1. The minimum atomic E-state index is -0.843. The van der Waals surface area contributed by atoms with Crippen LogP contribution in [0.3, 0.4) is 0 Å². The maximum Gasteiger partial charge on any atom is 0.272 e. The summed E-state index contributed by atoms with van der Waals surface area (Å²) < 4.78 is 11.2. The van der Waals surface area contributed by atoms with Gasteiger partial charge in [-0.3, -0.25) is 9.78 Å². The van der Waals surface area contributed by atoms with Crippen LogP contribution in [0.25, 0.3) is 10.9 Å². The molecular formula is C21H25N3O4S. The molecule has 1 aromatic carbocycles. The van der Waals surface area contributed by atoms with Crippen LogP contribution in [0.2, 0.25) is 0 Å². The van der Waals surface area contributed by atoms with Gasteiger partial charge in [-0.2, -0.15) is 0 Å². The molecule has 0 aliphatic carbocycles. The third kappa shape index (κ3) is 5.86. The quantitative estimate of drug-likeness (QED) is 0.294. The van der Waals surface area contributed by atoms with Crippen LogP contribution < -0.4 is 10.1 Å². The molecule has 1 aromatic heterocycles. The molecule has 1 amide bonds. The molecule has 1 N–H and O–H groups in total. The first-order chi connectivity index (χ1) is 13.9. The van der Waals surface area contributed by atoms with Gasteiger partial charge in [-0.15, -0.1) is 18.2 Å². The predicted molar refractivity (Wildman–Crippen MR) is 116 cm³/mol. The Kier molecular flexibility index (Phi) is 7.88. The summed E-state index contributed by atoms with van der Waals surface area (Å²) in [4.78, 5) is 22.0. The SMILES string of the molecule is C#Cc1cnc2c(C)cc(OC(SC)C(=O)NC(C)(/C=N/OC)COC)cc2c1. The van der Waals surface area contributed by atoms with E-state index in [0.717, 1.165) is 16.5 Å². The highest BCUT2D eigenvalue weighted by molar-refractivity contribution is 7.99. The van der Waals surface area contributed by atoms with Gasteiger partial charge in [-0.1, -0.05) is 11.1 Å². The Balaban J connectivity index is 2.25. The van der Waals surface area contributed by atoms with E-state index in [1.165, 1.54) is 25.1 Å². The number of ether oxygens (including phenoxy) is 2. The number of amides is 1. The number of nitrogens with zero attached hydrogens (tertiary/aromatic N) is 2. The molecule has 8 heteroatoms. The Labute approximate surface area is 175 Å². The number of pyridine rings is 1. The van der Waals surface area contributed by atoms with E-state index in [1.807, 2.05) is 25.1 Å². The lowest BCUT2D eigenvalue weighted by Gasteiger charge is -2.27. The summed E-state index contributed by atoms with van der Waals surface area (Å²) in [5.41, 5.74) is 0.829. The first-order valence-electron chi connectivity index (χ1n) is 8.81. The van der Waals surface area contributed by atoms with Gasteiger partial charge in [0.15, 0.2) is 0 Å². The van der Waals surface area contributed by atoms with Crippen molar-refractivity contribution in [3.63, 3.8) is 0 Å². The van der Waals surface area contributed by atoms with Crippen LogP contribution in [0, 0.1) is 19.3 Å². The number of rotatable bonds is 9. The van der Waals surface area contributed by atoms with Crippen molar-refractivity contribution < 1.29 is 19.1 Å². The Morgan fingerprint density at radius 2 is 2.21 bits per heavy atom. The van der Waals surface area contributed by atoms with Crippen LogP contribution in [-0.2, 0) is 14.4 Å². The Morgan fingerprint density at radius 1 is 1.45 bits per heavy atom. The van der Waals surface area contributed by atoms with Gasteiger partial charge in [-0.25, -0.2) is 0 Å². The fraction of sp³-hybridized carbons (Fsp3) is 0.381. The fourth-order valence-electron chi connectivity index (χ4n) is 2.79. The second-order valence-corrected chi connectivity index (χ2v) is 7.52. The van der Waals surface area contributed by atoms with Crippen molar-refractivity contribution in [2.75, 3.05) is 27.1 Å². The van der Waals surface area contributed by atoms with E-state index in [1.54, 1.807) is 26.5 Å². The molecule has 2 rings (SSSR count). The molecule has 0 saturated carbocycles. The molecule has 7 nitrogen and oxygen atoms in total. The highest BCUT2D eigenvalue weighted by atomic mass is 32.2. The number of carbonyl (C=O) groups is 1.